The molecule has 0 spiro atoms. The summed E-state index contributed by atoms with van der Waals surface area (Å²) in [7, 11) is -3.82. The summed E-state index contributed by atoms with van der Waals surface area (Å²) in [6.45, 7) is 4.99. The van der Waals surface area contributed by atoms with Crippen molar-refractivity contribution in [3.63, 3.8) is 0 Å². The Hall–Kier alpha value is -0.390. The number of hydrogen-bond acceptors (Lipinski definition) is 4. The second-order valence-electron chi connectivity index (χ2n) is 10.2. The first-order valence-corrected chi connectivity index (χ1v) is 16.6. The smallest absolute Gasteiger partial charge is 0.248 e. The molecule has 0 unspecified atom stereocenters. The summed E-state index contributed by atoms with van der Waals surface area (Å²) in [4.78, 5) is 0. The van der Waals surface area contributed by atoms with Crippen LogP contribution in [0.1, 0.15) is 168 Å². The van der Waals surface area contributed by atoms with Crippen molar-refractivity contribution in [1.29, 1.82) is 0 Å². The number of unbranched alkanes of at least 4 members (excludes halogenated alkanes) is 21. The van der Waals surface area contributed by atoms with Crippen molar-refractivity contribution in [1.82, 2.24) is 0 Å². The Morgan fingerprint density at radius 2 is 0.714 bits per heavy atom. The molecule has 0 aromatic heterocycles. The highest BCUT2D eigenvalue weighted by Gasteiger charge is 2.11. The van der Waals surface area contributed by atoms with Gasteiger partial charge in [0.05, 0.1) is 13.2 Å². The van der Waals surface area contributed by atoms with E-state index in [9.17, 15) is 8.42 Å². The average Bonchev–Trinajstić information content (AvgIpc) is 2.84. The van der Waals surface area contributed by atoms with Crippen LogP contribution in [0.3, 0.4) is 0 Å². The van der Waals surface area contributed by atoms with Crippen molar-refractivity contribution in [2.24, 2.45) is 0 Å². The molecule has 210 valence electrons. The zero-order valence-electron chi connectivity index (χ0n) is 23.6. The topological polar surface area (TPSA) is 52.6 Å². The van der Waals surface area contributed by atoms with Crippen LogP contribution in [-0.2, 0) is 18.8 Å². The van der Waals surface area contributed by atoms with Crippen molar-refractivity contribution >= 4 is 10.4 Å². The maximum absolute atomic E-state index is 11.8. The maximum atomic E-state index is 11.8. The summed E-state index contributed by atoms with van der Waals surface area (Å²) >= 11 is 0. The van der Waals surface area contributed by atoms with Crippen molar-refractivity contribution in [2.45, 2.75) is 168 Å². The molecule has 0 aromatic carbocycles. The Kier molecular flexibility index (Phi) is 27.9. The Balaban J connectivity index is 3.33. The molecular weight excluding hydrogens is 456 g/mol. The van der Waals surface area contributed by atoms with Crippen molar-refractivity contribution in [3.05, 3.63) is 12.2 Å². The zero-order chi connectivity index (χ0) is 25.7. The fraction of sp³-hybridized carbons (Fsp3) is 0.933. The first-order chi connectivity index (χ1) is 17.1. The lowest BCUT2D eigenvalue weighted by atomic mass is 10.1. The van der Waals surface area contributed by atoms with Gasteiger partial charge in [-0.1, -0.05) is 142 Å². The molecule has 35 heavy (non-hydrogen) atoms. The van der Waals surface area contributed by atoms with E-state index in [1.54, 1.807) is 0 Å². The Morgan fingerprint density at radius 3 is 1.06 bits per heavy atom. The summed E-state index contributed by atoms with van der Waals surface area (Å²) in [6, 6.07) is 0. The quantitative estimate of drug-likeness (QED) is 0.0732. The molecule has 0 saturated heterocycles. The predicted molar refractivity (Wildman–Crippen MR) is 152 cm³/mol. The maximum Gasteiger partial charge on any atom is 0.399 e. The average molecular weight is 517 g/mol. The molecule has 0 amide bonds. The molecule has 5 heteroatoms. The molecule has 4 nitrogen and oxygen atoms in total. The molecule has 0 aromatic rings. The summed E-state index contributed by atoms with van der Waals surface area (Å²) < 4.78 is 33.6. The lowest BCUT2D eigenvalue weighted by molar-refractivity contribution is 0.208. The van der Waals surface area contributed by atoms with Crippen LogP contribution in [0.4, 0.5) is 0 Å². The van der Waals surface area contributed by atoms with E-state index in [1.807, 2.05) is 0 Å². The van der Waals surface area contributed by atoms with Gasteiger partial charge in [0.2, 0.25) is 0 Å². The highest BCUT2D eigenvalue weighted by Crippen LogP contribution is 2.12. The van der Waals surface area contributed by atoms with Gasteiger partial charge < -0.3 is 0 Å². The van der Waals surface area contributed by atoms with Gasteiger partial charge in [0.15, 0.2) is 0 Å². The van der Waals surface area contributed by atoms with E-state index < -0.39 is 10.4 Å². The standard InChI is InChI=1S/C30H60O4S/c1-3-5-7-9-11-13-15-16-17-18-19-20-22-24-26-28-30-34-35(31,32)33-29-27-25-23-21-14-12-10-8-6-4-2/h16-17H,3-15,18-30H2,1-2H3/b17-16-. The summed E-state index contributed by atoms with van der Waals surface area (Å²) in [5.74, 6) is 0. The SMILES string of the molecule is CCCCCCCC/C=C\CCCCCCCCOS(=O)(=O)OCCCCCCCCCCCC. The first kappa shape index (κ1) is 34.6. The van der Waals surface area contributed by atoms with Gasteiger partial charge in [-0.15, -0.1) is 0 Å². The fourth-order valence-corrected chi connectivity index (χ4v) is 5.01. The molecule has 0 atom stereocenters. The molecule has 0 aliphatic carbocycles. The lowest BCUT2D eigenvalue weighted by Gasteiger charge is -2.06. The van der Waals surface area contributed by atoms with E-state index in [0.29, 0.717) is 0 Å². The minimum absolute atomic E-state index is 0.238. The molecule has 0 heterocycles. The zero-order valence-corrected chi connectivity index (χ0v) is 24.4. The normalized spacial score (nSPS) is 12.2. The van der Waals surface area contributed by atoms with E-state index in [-0.39, 0.29) is 13.2 Å². The van der Waals surface area contributed by atoms with Crippen LogP contribution in [-0.4, -0.2) is 21.6 Å². The third-order valence-electron chi connectivity index (χ3n) is 6.61. The van der Waals surface area contributed by atoms with E-state index in [0.717, 1.165) is 38.5 Å². The molecule has 0 rings (SSSR count). The van der Waals surface area contributed by atoms with Gasteiger partial charge in [-0.3, -0.25) is 0 Å². The second-order valence-corrected chi connectivity index (χ2v) is 11.5. The number of rotatable bonds is 29. The van der Waals surface area contributed by atoms with Crippen LogP contribution in [0.15, 0.2) is 12.2 Å². The van der Waals surface area contributed by atoms with Crippen LogP contribution in [0, 0.1) is 0 Å². The van der Waals surface area contributed by atoms with Gasteiger partial charge in [0, 0.05) is 0 Å². The van der Waals surface area contributed by atoms with Gasteiger partial charge in [-0.2, -0.15) is 8.42 Å². The molecule has 0 aliphatic rings. The third kappa shape index (κ3) is 29.7. The van der Waals surface area contributed by atoms with Crippen molar-refractivity contribution < 1.29 is 16.8 Å². The van der Waals surface area contributed by atoms with Crippen molar-refractivity contribution in [3.8, 4) is 0 Å². The van der Waals surface area contributed by atoms with Gasteiger partial charge in [0.1, 0.15) is 0 Å². The molecule has 0 aliphatic heterocycles. The van der Waals surface area contributed by atoms with Gasteiger partial charge in [-0.25, -0.2) is 8.37 Å². The molecule has 0 bridgehead atoms. The summed E-state index contributed by atoms with van der Waals surface area (Å²) in [5.41, 5.74) is 0. The molecule has 0 saturated carbocycles. The van der Waals surface area contributed by atoms with Crippen LogP contribution in [0.2, 0.25) is 0 Å². The summed E-state index contributed by atoms with van der Waals surface area (Å²) in [6.07, 6.45) is 34.2. The van der Waals surface area contributed by atoms with E-state index in [1.165, 1.54) is 116 Å². The van der Waals surface area contributed by atoms with Crippen LogP contribution in [0.25, 0.3) is 0 Å². The second kappa shape index (κ2) is 28.2. The first-order valence-electron chi connectivity index (χ1n) is 15.3. The molecule has 0 radical (unpaired) electrons. The van der Waals surface area contributed by atoms with Gasteiger partial charge >= 0.3 is 10.4 Å². The molecule has 0 fully saturated rings. The minimum Gasteiger partial charge on any atom is -0.248 e. The molecule has 0 N–H and O–H groups in total. The minimum atomic E-state index is -3.82. The van der Waals surface area contributed by atoms with Crippen molar-refractivity contribution in [2.75, 3.05) is 13.2 Å². The highest BCUT2D eigenvalue weighted by atomic mass is 32.3. The number of allylic oxidation sites excluding steroid dienone is 2. The van der Waals surface area contributed by atoms with Crippen LogP contribution in [0.5, 0.6) is 0 Å². The fourth-order valence-electron chi connectivity index (χ4n) is 4.30. The molecular formula is C30H60O4S. The van der Waals surface area contributed by atoms with Gasteiger partial charge in [-0.05, 0) is 38.5 Å². The monoisotopic (exact) mass is 516 g/mol. The highest BCUT2D eigenvalue weighted by molar-refractivity contribution is 7.81. The summed E-state index contributed by atoms with van der Waals surface area (Å²) in [5, 5.41) is 0. The van der Waals surface area contributed by atoms with Crippen LogP contribution < -0.4 is 0 Å². The van der Waals surface area contributed by atoms with E-state index in [2.05, 4.69) is 26.0 Å². The largest absolute Gasteiger partial charge is 0.399 e. The third-order valence-corrected chi connectivity index (χ3v) is 7.52. The predicted octanol–water partition coefficient (Wildman–Crippen LogP) is 10.2. The lowest BCUT2D eigenvalue weighted by Crippen LogP contribution is -2.12. The van der Waals surface area contributed by atoms with E-state index >= 15 is 0 Å². The Bertz CT molecular complexity index is 530. The number of hydrogen-bond donors (Lipinski definition) is 0. The van der Waals surface area contributed by atoms with Crippen LogP contribution >= 0.6 is 0 Å². The van der Waals surface area contributed by atoms with Gasteiger partial charge in [0.25, 0.3) is 0 Å². The Labute approximate surface area is 220 Å². The van der Waals surface area contributed by atoms with E-state index in [4.69, 9.17) is 8.37 Å². The Morgan fingerprint density at radius 1 is 0.429 bits per heavy atom.